The number of hydrogen-bond donors (Lipinski definition) is 2. The zero-order valence-electron chi connectivity index (χ0n) is 10.2. The third-order valence-electron chi connectivity index (χ3n) is 2.12. The Morgan fingerprint density at radius 1 is 1.41 bits per heavy atom. The molecule has 3 N–H and O–H groups in total. The highest BCUT2D eigenvalue weighted by Gasteiger charge is 2.15. The highest BCUT2D eigenvalue weighted by Crippen LogP contribution is 2.26. The maximum Gasteiger partial charge on any atom is 0.242 e. The van der Waals surface area contributed by atoms with Gasteiger partial charge >= 0.3 is 0 Å². The van der Waals surface area contributed by atoms with E-state index < -0.39 is 10.0 Å². The number of anilines is 1. The molecule has 0 heterocycles. The molecule has 0 radical (unpaired) electrons. The van der Waals surface area contributed by atoms with Gasteiger partial charge in [0.25, 0.3) is 0 Å². The molecule has 0 fully saturated rings. The van der Waals surface area contributed by atoms with Gasteiger partial charge in [0.05, 0.1) is 5.69 Å². The van der Waals surface area contributed by atoms with Crippen LogP contribution >= 0.6 is 11.8 Å². The molecule has 0 aliphatic rings. The van der Waals surface area contributed by atoms with Gasteiger partial charge in [-0.05, 0) is 31.2 Å². The predicted molar refractivity (Wildman–Crippen MR) is 72.7 cm³/mol. The topological polar surface area (TPSA) is 72.2 Å². The van der Waals surface area contributed by atoms with Crippen LogP contribution in [0, 0.1) is 5.92 Å². The summed E-state index contributed by atoms with van der Waals surface area (Å²) in [7, 11) is -2.09. The Morgan fingerprint density at radius 3 is 2.53 bits per heavy atom. The Morgan fingerprint density at radius 2 is 2.06 bits per heavy atom. The SMILES string of the molecule is CNS(=O)(=O)c1ccc(SCC(C)C)cc1N. The minimum Gasteiger partial charge on any atom is -0.398 e. The van der Waals surface area contributed by atoms with Crippen molar-refractivity contribution in [1.29, 1.82) is 0 Å². The van der Waals surface area contributed by atoms with E-state index >= 15 is 0 Å². The summed E-state index contributed by atoms with van der Waals surface area (Å²) in [4.78, 5) is 1.13. The first-order valence-electron chi connectivity index (χ1n) is 5.32. The molecule has 0 unspecified atom stereocenters. The Balaban J connectivity index is 2.95. The van der Waals surface area contributed by atoms with E-state index in [0.29, 0.717) is 5.92 Å². The fourth-order valence-electron chi connectivity index (χ4n) is 1.23. The van der Waals surface area contributed by atoms with E-state index in [4.69, 9.17) is 5.73 Å². The summed E-state index contributed by atoms with van der Waals surface area (Å²) < 4.78 is 25.5. The van der Waals surface area contributed by atoms with Crippen molar-refractivity contribution in [2.24, 2.45) is 5.92 Å². The van der Waals surface area contributed by atoms with E-state index in [9.17, 15) is 8.42 Å². The van der Waals surface area contributed by atoms with Gasteiger partial charge in [0, 0.05) is 10.6 Å². The molecular weight excluding hydrogens is 256 g/mol. The van der Waals surface area contributed by atoms with Crippen LogP contribution in [0.4, 0.5) is 5.69 Å². The van der Waals surface area contributed by atoms with E-state index in [1.54, 1.807) is 30.0 Å². The predicted octanol–water partition coefficient (Wildman–Crippen LogP) is 1.92. The lowest BCUT2D eigenvalue weighted by atomic mass is 10.3. The van der Waals surface area contributed by atoms with Gasteiger partial charge in [0.15, 0.2) is 0 Å². The fourth-order valence-corrected chi connectivity index (χ4v) is 2.97. The van der Waals surface area contributed by atoms with Gasteiger partial charge in [-0.25, -0.2) is 13.1 Å². The molecule has 1 aromatic rings. The van der Waals surface area contributed by atoms with Crippen LogP contribution in [0.15, 0.2) is 28.0 Å². The molecule has 0 saturated heterocycles. The molecule has 0 amide bonds. The Kier molecular flexibility index (Phi) is 4.85. The Hall–Kier alpha value is -0.720. The van der Waals surface area contributed by atoms with Crippen LogP contribution in [0.3, 0.4) is 0 Å². The van der Waals surface area contributed by atoms with Crippen molar-refractivity contribution in [3.05, 3.63) is 18.2 Å². The van der Waals surface area contributed by atoms with Crippen LogP contribution in [0.2, 0.25) is 0 Å². The van der Waals surface area contributed by atoms with E-state index in [-0.39, 0.29) is 10.6 Å². The molecule has 0 atom stereocenters. The van der Waals surface area contributed by atoms with Crippen LogP contribution in [-0.4, -0.2) is 21.2 Å². The summed E-state index contributed by atoms with van der Waals surface area (Å²) in [5.41, 5.74) is 6.04. The van der Waals surface area contributed by atoms with Gasteiger partial charge in [-0.3, -0.25) is 0 Å². The number of nitrogens with one attached hydrogen (secondary N) is 1. The van der Waals surface area contributed by atoms with Crippen molar-refractivity contribution < 1.29 is 8.42 Å². The molecular formula is C11H18N2O2S2. The van der Waals surface area contributed by atoms with Crippen LogP contribution < -0.4 is 10.5 Å². The minimum absolute atomic E-state index is 0.133. The molecule has 0 aliphatic heterocycles. The first-order chi connectivity index (χ1) is 7.86. The lowest BCUT2D eigenvalue weighted by Crippen LogP contribution is -2.19. The van der Waals surface area contributed by atoms with Gasteiger partial charge in [0.1, 0.15) is 4.90 Å². The van der Waals surface area contributed by atoms with Gasteiger partial charge in [0.2, 0.25) is 10.0 Å². The van der Waals surface area contributed by atoms with Crippen LogP contribution in [0.1, 0.15) is 13.8 Å². The molecule has 1 rings (SSSR count). The number of benzene rings is 1. The van der Waals surface area contributed by atoms with Crippen molar-refractivity contribution in [3.8, 4) is 0 Å². The molecule has 6 heteroatoms. The second-order valence-corrected chi connectivity index (χ2v) is 7.06. The smallest absolute Gasteiger partial charge is 0.242 e. The van der Waals surface area contributed by atoms with Gasteiger partial charge in [-0.2, -0.15) is 0 Å². The molecule has 4 nitrogen and oxygen atoms in total. The molecule has 1 aromatic carbocycles. The number of sulfonamides is 1. The minimum atomic E-state index is -3.46. The first-order valence-corrected chi connectivity index (χ1v) is 7.79. The zero-order chi connectivity index (χ0) is 13.1. The molecule has 17 heavy (non-hydrogen) atoms. The number of thioether (sulfide) groups is 1. The number of hydrogen-bond acceptors (Lipinski definition) is 4. The molecule has 0 bridgehead atoms. The lowest BCUT2D eigenvalue weighted by molar-refractivity contribution is 0.588. The third kappa shape index (κ3) is 3.90. The molecule has 0 saturated carbocycles. The molecule has 96 valence electrons. The summed E-state index contributed by atoms with van der Waals surface area (Å²) in [5, 5.41) is 0. The van der Waals surface area contributed by atoms with Crippen LogP contribution in [0.5, 0.6) is 0 Å². The van der Waals surface area contributed by atoms with Crippen molar-refractivity contribution >= 4 is 27.5 Å². The standard InChI is InChI=1S/C11H18N2O2S2/c1-8(2)7-16-9-4-5-11(10(12)6-9)17(14,15)13-3/h4-6,8,13H,7,12H2,1-3H3. The van der Waals surface area contributed by atoms with Crippen molar-refractivity contribution in [2.75, 3.05) is 18.5 Å². The van der Waals surface area contributed by atoms with E-state index in [1.807, 2.05) is 0 Å². The summed E-state index contributed by atoms with van der Waals surface area (Å²) in [5.74, 6) is 1.57. The van der Waals surface area contributed by atoms with Crippen LogP contribution in [0.25, 0.3) is 0 Å². The molecule has 0 aromatic heterocycles. The number of nitrogen functional groups attached to an aromatic ring is 1. The Labute approximate surface area is 107 Å². The van der Waals surface area contributed by atoms with Gasteiger partial charge in [-0.15, -0.1) is 11.8 Å². The van der Waals surface area contributed by atoms with Gasteiger partial charge < -0.3 is 5.73 Å². The van der Waals surface area contributed by atoms with Gasteiger partial charge in [-0.1, -0.05) is 13.8 Å². The average Bonchev–Trinajstić information content (AvgIpc) is 2.26. The normalized spacial score (nSPS) is 12.0. The third-order valence-corrected chi connectivity index (χ3v) is 5.03. The largest absolute Gasteiger partial charge is 0.398 e. The second-order valence-electron chi connectivity index (χ2n) is 4.11. The highest BCUT2D eigenvalue weighted by atomic mass is 32.2. The number of rotatable bonds is 5. The average molecular weight is 274 g/mol. The van der Waals surface area contributed by atoms with Crippen LogP contribution in [-0.2, 0) is 10.0 Å². The van der Waals surface area contributed by atoms with E-state index in [0.717, 1.165) is 10.6 Å². The number of nitrogens with two attached hydrogens (primary N) is 1. The van der Waals surface area contributed by atoms with Crippen molar-refractivity contribution in [3.63, 3.8) is 0 Å². The summed E-state index contributed by atoms with van der Waals surface area (Å²) >= 11 is 1.67. The summed E-state index contributed by atoms with van der Waals surface area (Å²) in [6.07, 6.45) is 0. The van der Waals surface area contributed by atoms with E-state index in [2.05, 4.69) is 18.6 Å². The zero-order valence-corrected chi connectivity index (χ0v) is 11.9. The fraction of sp³-hybridized carbons (Fsp3) is 0.455. The van der Waals surface area contributed by atoms with Crippen molar-refractivity contribution in [1.82, 2.24) is 4.72 Å². The monoisotopic (exact) mass is 274 g/mol. The highest BCUT2D eigenvalue weighted by molar-refractivity contribution is 7.99. The lowest BCUT2D eigenvalue weighted by Gasteiger charge is -2.09. The first kappa shape index (κ1) is 14.3. The quantitative estimate of drug-likeness (QED) is 0.635. The van der Waals surface area contributed by atoms with E-state index in [1.165, 1.54) is 7.05 Å². The summed E-state index contributed by atoms with van der Waals surface area (Å²) in [6, 6.07) is 5.04. The maximum atomic E-state index is 11.6. The molecule has 0 aliphatic carbocycles. The van der Waals surface area contributed by atoms with Crippen molar-refractivity contribution in [2.45, 2.75) is 23.6 Å². The second kappa shape index (κ2) is 5.75. The maximum absolute atomic E-state index is 11.6. The molecule has 0 spiro atoms. The summed E-state index contributed by atoms with van der Waals surface area (Å²) in [6.45, 7) is 4.27. The Bertz CT molecular complexity index is 484.